The smallest absolute Gasteiger partial charge is 0.0585 e. The standard InChI is InChI=1S/C4H9NO.ClH/c6-3-4-1-2-5-4;/h4-6H,1-3H2;1H/t4-;/m1./s1. The van der Waals surface area contributed by atoms with Crippen LogP contribution in [0.5, 0.6) is 0 Å². The minimum absolute atomic E-state index is 0. The van der Waals surface area contributed by atoms with Crippen LogP contribution >= 0.6 is 12.4 Å². The van der Waals surface area contributed by atoms with Crippen molar-refractivity contribution in [2.45, 2.75) is 12.5 Å². The highest BCUT2D eigenvalue weighted by Crippen LogP contribution is 1.97. The minimum atomic E-state index is 0. The Kier molecular flexibility index (Phi) is 3.34. The Morgan fingerprint density at radius 3 is 2.29 bits per heavy atom. The Hall–Kier alpha value is 0.210. The first-order chi connectivity index (χ1) is 2.93. The molecule has 0 spiro atoms. The van der Waals surface area contributed by atoms with E-state index in [1.807, 2.05) is 0 Å². The van der Waals surface area contributed by atoms with E-state index in [0.29, 0.717) is 12.6 Å². The molecule has 1 atom stereocenters. The van der Waals surface area contributed by atoms with E-state index in [2.05, 4.69) is 5.32 Å². The van der Waals surface area contributed by atoms with E-state index in [1.165, 1.54) is 0 Å². The van der Waals surface area contributed by atoms with Gasteiger partial charge in [-0.3, -0.25) is 0 Å². The summed E-state index contributed by atoms with van der Waals surface area (Å²) < 4.78 is 0. The fourth-order valence-corrected chi connectivity index (χ4v) is 0.504. The molecule has 44 valence electrons. The van der Waals surface area contributed by atoms with Gasteiger partial charge in [-0.1, -0.05) is 0 Å². The third kappa shape index (κ3) is 1.63. The quantitative estimate of drug-likeness (QED) is 0.505. The SMILES string of the molecule is Cl.OC[C@H]1CCN1. The van der Waals surface area contributed by atoms with Crippen LogP contribution in [0.1, 0.15) is 6.42 Å². The Morgan fingerprint density at radius 1 is 1.71 bits per heavy atom. The molecule has 2 N–H and O–H groups in total. The number of aliphatic hydroxyl groups is 1. The molecule has 0 aromatic heterocycles. The second kappa shape index (κ2) is 3.24. The van der Waals surface area contributed by atoms with Gasteiger partial charge in [-0.2, -0.15) is 0 Å². The maximum Gasteiger partial charge on any atom is 0.0585 e. The van der Waals surface area contributed by atoms with E-state index in [-0.39, 0.29) is 12.4 Å². The van der Waals surface area contributed by atoms with Crippen molar-refractivity contribution >= 4 is 12.4 Å². The lowest BCUT2D eigenvalue weighted by Gasteiger charge is -2.24. The summed E-state index contributed by atoms with van der Waals surface area (Å²) in [7, 11) is 0. The normalized spacial score (nSPS) is 27.9. The van der Waals surface area contributed by atoms with Crippen LogP contribution < -0.4 is 5.32 Å². The zero-order chi connectivity index (χ0) is 4.41. The van der Waals surface area contributed by atoms with Gasteiger partial charge in [-0.25, -0.2) is 0 Å². The van der Waals surface area contributed by atoms with Crippen LogP contribution in [0.4, 0.5) is 0 Å². The van der Waals surface area contributed by atoms with Crippen molar-refractivity contribution in [2.24, 2.45) is 0 Å². The second-order valence-electron chi connectivity index (χ2n) is 1.62. The number of hydrogen-bond acceptors (Lipinski definition) is 2. The average Bonchev–Trinajstić information content (AvgIpc) is 1.31. The first-order valence-corrected chi connectivity index (χ1v) is 2.27. The van der Waals surface area contributed by atoms with Crippen molar-refractivity contribution in [3.8, 4) is 0 Å². The molecule has 1 aliphatic rings. The predicted molar refractivity (Wildman–Crippen MR) is 30.7 cm³/mol. The summed E-state index contributed by atoms with van der Waals surface area (Å²) in [6, 6.07) is 0.421. The van der Waals surface area contributed by atoms with Gasteiger partial charge in [0.1, 0.15) is 0 Å². The topological polar surface area (TPSA) is 32.3 Å². The van der Waals surface area contributed by atoms with Gasteiger partial charge < -0.3 is 10.4 Å². The molecule has 0 saturated carbocycles. The fraction of sp³-hybridized carbons (Fsp3) is 1.00. The zero-order valence-corrected chi connectivity index (χ0v) is 4.87. The molecule has 0 aromatic rings. The van der Waals surface area contributed by atoms with Crippen molar-refractivity contribution in [2.75, 3.05) is 13.2 Å². The molecule has 2 nitrogen and oxygen atoms in total. The maximum absolute atomic E-state index is 8.32. The van der Waals surface area contributed by atoms with Crippen LogP contribution in [-0.4, -0.2) is 24.3 Å². The predicted octanol–water partition coefficient (Wildman–Crippen LogP) is -0.238. The first kappa shape index (κ1) is 7.21. The largest absolute Gasteiger partial charge is 0.395 e. The molecule has 1 aliphatic heterocycles. The molecule has 0 aromatic carbocycles. The zero-order valence-electron chi connectivity index (χ0n) is 4.05. The van der Waals surface area contributed by atoms with Gasteiger partial charge in [0.05, 0.1) is 6.61 Å². The fourth-order valence-electron chi connectivity index (χ4n) is 0.504. The Bertz CT molecular complexity index is 44.2. The Labute approximate surface area is 49.3 Å². The van der Waals surface area contributed by atoms with E-state index >= 15 is 0 Å². The molecule has 1 rings (SSSR count). The molecule has 3 heteroatoms. The van der Waals surface area contributed by atoms with Crippen LogP contribution in [0.15, 0.2) is 0 Å². The van der Waals surface area contributed by atoms with Crippen molar-refractivity contribution in [1.82, 2.24) is 5.32 Å². The Morgan fingerprint density at radius 2 is 2.29 bits per heavy atom. The molecule has 1 heterocycles. The van der Waals surface area contributed by atoms with Gasteiger partial charge in [0, 0.05) is 6.04 Å². The highest BCUT2D eigenvalue weighted by atomic mass is 35.5. The van der Waals surface area contributed by atoms with Gasteiger partial charge in [-0.15, -0.1) is 12.4 Å². The van der Waals surface area contributed by atoms with Crippen molar-refractivity contribution < 1.29 is 5.11 Å². The molecule has 1 fully saturated rings. The average molecular weight is 124 g/mol. The third-order valence-electron chi connectivity index (χ3n) is 1.15. The lowest BCUT2D eigenvalue weighted by molar-refractivity contribution is 0.199. The summed E-state index contributed by atoms with van der Waals surface area (Å²) in [6.45, 7) is 1.39. The van der Waals surface area contributed by atoms with E-state index < -0.39 is 0 Å². The van der Waals surface area contributed by atoms with E-state index in [0.717, 1.165) is 13.0 Å². The molecule has 0 unspecified atom stereocenters. The van der Waals surface area contributed by atoms with Crippen molar-refractivity contribution in [3.63, 3.8) is 0 Å². The van der Waals surface area contributed by atoms with E-state index in [1.54, 1.807) is 0 Å². The number of hydrogen-bond donors (Lipinski definition) is 2. The van der Waals surface area contributed by atoms with Gasteiger partial charge in [0.2, 0.25) is 0 Å². The molecule has 0 aliphatic carbocycles. The highest BCUT2D eigenvalue weighted by molar-refractivity contribution is 5.85. The maximum atomic E-state index is 8.32. The molecule has 1 saturated heterocycles. The van der Waals surface area contributed by atoms with E-state index in [4.69, 9.17) is 5.11 Å². The highest BCUT2D eigenvalue weighted by Gasteiger charge is 2.13. The van der Waals surface area contributed by atoms with Crippen LogP contribution in [0.3, 0.4) is 0 Å². The van der Waals surface area contributed by atoms with Crippen LogP contribution in [0.2, 0.25) is 0 Å². The van der Waals surface area contributed by atoms with Gasteiger partial charge >= 0.3 is 0 Å². The monoisotopic (exact) mass is 123 g/mol. The lowest BCUT2D eigenvalue weighted by Crippen LogP contribution is -2.45. The summed E-state index contributed by atoms with van der Waals surface area (Å²) >= 11 is 0. The second-order valence-corrected chi connectivity index (χ2v) is 1.62. The molecular formula is C4H10ClNO. The molecule has 0 amide bonds. The summed E-state index contributed by atoms with van der Waals surface area (Å²) in [5.74, 6) is 0. The van der Waals surface area contributed by atoms with Crippen molar-refractivity contribution in [3.05, 3.63) is 0 Å². The molecule has 0 radical (unpaired) electrons. The summed E-state index contributed by atoms with van der Waals surface area (Å²) in [5.41, 5.74) is 0. The van der Waals surface area contributed by atoms with Gasteiger partial charge in [0.15, 0.2) is 0 Å². The van der Waals surface area contributed by atoms with Gasteiger partial charge in [-0.05, 0) is 13.0 Å². The van der Waals surface area contributed by atoms with Crippen LogP contribution in [0, 0.1) is 0 Å². The van der Waals surface area contributed by atoms with Crippen LogP contribution in [0.25, 0.3) is 0 Å². The minimum Gasteiger partial charge on any atom is -0.395 e. The third-order valence-corrected chi connectivity index (χ3v) is 1.15. The van der Waals surface area contributed by atoms with Crippen molar-refractivity contribution in [1.29, 1.82) is 0 Å². The van der Waals surface area contributed by atoms with Gasteiger partial charge in [0.25, 0.3) is 0 Å². The molecule has 0 bridgehead atoms. The number of rotatable bonds is 1. The van der Waals surface area contributed by atoms with E-state index in [9.17, 15) is 0 Å². The number of aliphatic hydroxyl groups excluding tert-OH is 1. The lowest BCUT2D eigenvalue weighted by atomic mass is 10.1. The Balaban J connectivity index is 0.000000360. The summed E-state index contributed by atoms with van der Waals surface area (Å²) in [5, 5.41) is 11.4. The summed E-state index contributed by atoms with van der Waals surface area (Å²) in [4.78, 5) is 0. The molecular weight excluding hydrogens is 114 g/mol. The number of nitrogens with one attached hydrogen (secondary N) is 1. The first-order valence-electron chi connectivity index (χ1n) is 2.27. The summed E-state index contributed by atoms with van der Waals surface area (Å²) in [6.07, 6.45) is 1.15. The van der Waals surface area contributed by atoms with Crippen LogP contribution in [-0.2, 0) is 0 Å². The molecule has 7 heavy (non-hydrogen) atoms. The number of halogens is 1.